The highest BCUT2D eigenvalue weighted by Gasteiger charge is 2.06. The van der Waals surface area contributed by atoms with Gasteiger partial charge in [0, 0.05) is 5.71 Å². The summed E-state index contributed by atoms with van der Waals surface area (Å²) in [5, 5.41) is 7.12. The summed E-state index contributed by atoms with van der Waals surface area (Å²) in [7, 11) is 1.60. The fourth-order valence-electron chi connectivity index (χ4n) is 1.56. The van der Waals surface area contributed by atoms with Crippen molar-refractivity contribution in [3.63, 3.8) is 0 Å². The van der Waals surface area contributed by atoms with Crippen molar-refractivity contribution in [2.45, 2.75) is 27.2 Å². The Morgan fingerprint density at radius 3 is 2.75 bits per heavy atom. The first-order valence-electron chi connectivity index (χ1n) is 6.78. The highest BCUT2D eigenvalue weighted by molar-refractivity contribution is 5.87. The first-order chi connectivity index (χ1) is 9.58. The van der Waals surface area contributed by atoms with Gasteiger partial charge >= 0.3 is 0 Å². The molecular weight excluding hydrogens is 254 g/mol. The van der Waals surface area contributed by atoms with Gasteiger partial charge in [-0.15, -0.1) is 0 Å². The second-order valence-electron chi connectivity index (χ2n) is 4.65. The molecule has 1 atom stereocenters. The van der Waals surface area contributed by atoms with Crippen LogP contribution in [0.2, 0.25) is 0 Å². The van der Waals surface area contributed by atoms with Gasteiger partial charge in [0.2, 0.25) is 0 Å². The molecule has 2 N–H and O–H groups in total. The average molecular weight is 277 g/mol. The van der Waals surface area contributed by atoms with Gasteiger partial charge in [0.1, 0.15) is 5.75 Å². The van der Waals surface area contributed by atoms with E-state index in [1.165, 1.54) is 0 Å². The van der Waals surface area contributed by atoms with Gasteiger partial charge < -0.3 is 10.1 Å². The molecule has 0 aliphatic heterocycles. The molecule has 0 saturated heterocycles. The van der Waals surface area contributed by atoms with Crippen molar-refractivity contribution in [1.82, 2.24) is 5.43 Å². The zero-order valence-corrected chi connectivity index (χ0v) is 12.6. The molecule has 0 aromatic heterocycles. The molecule has 0 aliphatic carbocycles. The number of hydrogen-bond donors (Lipinski definition) is 2. The van der Waals surface area contributed by atoms with Gasteiger partial charge in [-0.3, -0.25) is 4.79 Å². The zero-order chi connectivity index (χ0) is 15.0. The Morgan fingerprint density at radius 1 is 1.40 bits per heavy atom. The van der Waals surface area contributed by atoms with Crippen molar-refractivity contribution in [1.29, 1.82) is 0 Å². The third kappa shape index (κ3) is 4.91. The lowest BCUT2D eigenvalue weighted by molar-refractivity contribution is -0.119. The first-order valence-corrected chi connectivity index (χ1v) is 6.78. The van der Waals surface area contributed by atoms with E-state index in [1.54, 1.807) is 7.11 Å². The number of methoxy groups -OCH3 is 1. The second-order valence-corrected chi connectivity index (χ2v) is 4.65. The Balaban J connectivity index is 2.48. The van der Waals surface area contributed by atoms with E-state index < -0.39 is 0 Å². The van der Waals surface area contributed by atoms with E-state index in [2.05, 4.69) is 29.7 Å². The number of nitrogens with zero attached hydrogens (tertiary/aromatic N) is 1. The molecule has 20 heavy (non-hydrogen) atoms. The molecule has 0 spiro atoms. The van der Waals surface area contributed by atoms with E-state index in [-0.39, 0.29) is 12.5 Å². The Bertz CT molecular complexity index is 472. The summed E-state index contributed by atoms with van der Waals surface area (Å²) in [6.07, 6.45) is 1.00. The molecule has 0 unspecified atom stereocenters. The van der Waals surface area contributed by atoms with Crippen molar-refractivity contribution in [2.24, 2.45) is 11.0 Å². The number of benzene rings is 1. The summed E-state index contributed by atoms with van der Waals surface area (Å²) in [6.45, 7) is 6.24. The molecule has 110 valence electrons. The molecule has 0 bridgehead atoms. The summed E-state index contributed by atoms with van der Waals surface area (Å²) < 4.78 is 5.20. The monoisotopic (exact) mass is 277 g/mol. The number of para-hydroxylation sites is 2. The fraction of sp³-hybridized carbons (Fsp3) is 0.467. The van der Waals surface area contributed by atoms with Crippen molar-refractivity contribution in [2.75, 3.05) is 19.0 Å². The highest BCUT2D eigenvalue weighted by atomic mass is 16.5. The Kier molecular flexibility index (Phi) is 6.56. The van der Waals surface area contributed by atoms with Crippen molar-refractivity contribution >= 4 is 17.3 Å². The summed E-state index contributed by atoms with van der Waals surface area (Å²) in [5.41, 5.74) is 4.26. The van der Waals surface area contributed by atoms with Gasteiger partial charge in [0.25, 0.3) is 5.91 Å². The second kappa shape index (κ2) is 8.19. The number of nitrogens with one attached hydrogen (secondary N) is 2. The average Bonchev–Trinajstić information content (AvgIpc) is 2.49. The van der Waals surface area contributed by atoms with Gasteiger partial charge in [-0.25, -0.2) is 5.43 Å². The predicted molar refractivity (Wildman–Crippen MR) is 82.2 cm³/mol. The molecule has 1 aromatic carbocycles. The standard InChI is InChI=1S/C15H23N3O2/c1-5-11(2)12(3)17-18-15(19)10-16-13-8-6-7-9-14(13)20-4/h6-9,11,16H,5,10H2,1-4H3,(H,18,19)/b17-12-/t11-/m1/s1. The van der Waals surface area contributed by atoms with Crippen LogP contribution in [0.15, 0.2) is 29.4 Å². The van der Waals surface area contributed by atoms with Gasteiger partial charge in [-0.1, -0.05) is 26.0 Å². The van der Waals surface area contributed by atoms with E-state index in [9.17, 15) is 4.79 Å². The largest absolute Gasteiger partial charge is 0.495 e. The van der Waals surface area contributed by atoms with E-state index in [1.807, 2.05) is 31.2 Å². The van der Waals surface area contributed by atoms with E-state index in [0.717, 1.165) is 17.8 Å². The summed E-state index contributed by atoms with van der Waals surface area (Å²) in [6, 6.07) is 7.46. The van der Waals surface area contributed by atoms with Crippen LogP contribution >= 0.6 is 0 Å². The number of anilines is 1. The van der Waals surface area contributed by atoms with Crippen molar-refractivity contribution < 1.29 is 9.53 Å². The SMILES string of the molecule is CC[C@@H](C)/C(C)=N\NC(=O)CNc1ccccc1OC. The number of ether oxygens (including phenoxy) is 1. The molecule has 0 aliphatic rings. The van der Waals surface area contributed by atoms with Crippen LogP contribution < -0.4 is 15.5 Å². The minimum atomic E-state index is -0.182. The van der Waals surface area contributed by atoms with Crippen LogP contribution in [0.4, 0.5) is 5.69 Å². The number of rotatable bonds is 7. The lowest BCUT2D eigenvalue weighted by Crippen LogP contribution is -2.27. The first kappa shape index (κ1) is 16.0. The Hall–Kier alpha value is -2.04. The van der Waals surface area contributed by atoms with Crippen LogP contribution in [0.5, 0.6) is 5.75 Å². The van der Waals surface area contributed by atoms with Crippen molar-refractivity contribution in [3.05, 3.63) is 24.3 Å². The number of hydrogen-bond acceptors (Lipinski definition) is 4. The molecule has 5 heteroatoms. The Morgan fingerprint density at radius 2 is 2.10 bits per heavy atom. The van der Waals surface area contributed by atoms with Crippen LogP contribution in [0.25, 0.3) is 0 Å². The van der Waals surface area contributed by atoms with Crippen LogP contribution in [0.3, 0.4) is 0 Å². The quantitative estimate of drug-likeness (QED) is 0.595. The van der Waals surface area contributed by atoms with E-state index >= 15 is 0 Å². The van der Waals surface area contributed by atoms with Crippen LogP contribution in [-0.2, 0) is 4.79 Å². The lowest BCUT2D eigenvalue weighted by Gasteiger charge is -2.11. The van der Waals surface area contributed by atoms with E-state index in [4.69, 9.17) is 4.74 Å². The number of carbonyl (C=O) groups is 1. The number of amides is 1. The van der Waals surface area contributed by atoms with Crippen LogP contribution in [0, 0.1) is 5.92 Å². The number of carbonyl (C=O) groups excluding carboxylic acids is 1. The molecule has 0 heterocycles. The fourth-order valence-corrected chi connectivity index (χ4v) is 1.56. The zero-order valence-electron chi connectivity index (χ0n) is 12.6. The molecule has 0 saturated carbocycles. The molecular formula is C15H23N3O2. The van der Waals surface area contributed by atoms with Gasteiger partial charge in [-0.2, -0.15) is 5.10 Å². The van der Waals surface area contributed by atoms with Gasteiger partial charge in [-0.05, 0) is 31.4 Å². The van der Waals surface area contributed by atoms with Crippen molar-refractivity contribution in [3.8, 4) is 5.75 Å². The van der Waals surface area contributed by atoms with Gasteiger partial charge in [0.05, 0.1) is 19.3 Å². The van der Waals surface area contributed by atoms with E-state index in [0.29, 0.717) is 11.7 Å². The summed E-state index contributed by atoms with van der Waals surface area (Å²) >= 11 is 0. The minimum Gasteiger partial charge on any atom is -0.495 e. The Labute approximate surface area is 120 Å². The lowest BCUT2D eigenvalue weighted by atomic mass is 10.1. The molecule has 1 aromatic rings. The topological polar surface area (TPSA) is 62.7 Å². The molecule has 0 radical (unpaired) electrons. The summed E-state index contributed by atoms with van der Waals surface area (Å²) in [5.74, 6) is 0.899. The number of hydrazone groups is 1. The normalized spacial score (nSPS) is 12.7. The maximum atomic E-state index is 11.7. The maximum Gasteiger partial charge on any atom is 0.259 e. The third-order valence-corrected chi connectivity index (χ3v) is 3.23. The molecule has 5 nitrogen and oxygen atoms in total. The van der Waals surface area contributed by atoms with Gasteiger partial charge in [0.15, 0.2) is 0 Å². The summed E-state index contributed by atoms with van der Waals surface area (Å²) in [4.78, 5) is 11.7. The van der Waals surface area contributed by atoms with Crippen LogP contribution in [-0.4, -0.2) is 25.3 Å². The smallest absolute Gasteiger partial charge is 0.259 e. The minimum absolute atomic E-state index is 0.150. The highest BCUT2D eigenvalue weighted by Crippen LogP contribution is 2.22. The molecule has 1 amide bonds. The third-order valence-electron chi connectivity index (χ3n) is 3.23. The molecule has 1 rings (SSSR count). The maximum absolute atomic E-state index is 11.7. The predicted octanol–water partition coefficient (Wildman–Crippen LogP) is 2.65. The van der Waals surface area contributed by atoms with Crippen LogP contribution in [0.1, 0.15) is 27.2 Å². The molecule has 0 fully saturated rings.